The molecule has 1 N–H and O–H groups in total. The largest absolute Gasteiger partial charge is 0.319 e. The molecule has 0 saturated heterocycles. The Kier molecular flexibility index (Phi) is 3.81. The molecule has 19 heavy (non-hydrogen) atoms. The van der Waals surface area contributed by atoms with Crippen LogP contribution < -0.4 is 5.32 Å². The van der Waals surface area contributed by atoms with Crippen LogP contribution in [0.15, 0.2) is 30.5 Å². The van der Waals surface area contributed by atoms with Gasteiger partial charge in [0.15, 0.2) is 5.15 Å². The summed E-state index contributed by atoms with van der Waals surface area (Å²) in [6.45, 7) is 3.45. The SMILES string of the molecule is Cc1cnc(Cl)c(NC(=O)c2ccc(F)c(C)c2)c1. The molecule has 3 nitrogen and oxygen atoms in total. The predicted molar refractivity (Wildman–Crippen MR) is 73.1 cm³/mol. The summed E-state index contributed by atoms with van der Waals surface area (Å²) in [6.07, 6.45) is 1.61. The Morgan fingerprint density at radius 2 is 2.05 bits per heavy atom. The lowest BCUT2D eigenvalue weighted by molar-refractivity contribution is 0.102. The summed E-state index contributed by atoms with van der Waals surface area (Å²) in [7, 11) is 0. The van der Waals surface area contributed by atoms with E-state index in [1.807, 2.05) is 6.92 Å². The van der Waals surface area contributed by atoms with E-state index in [-0.39, 0.29) is 16.9 Å². The van der Waals surface area contributed by atoms with Crippen LogP contribution in [0.1, 0.15) is 21.5 Å². The second kappa shape index (κ2) is 5.36. The number of aryl methyl sites for hydroxylation is 2. The summed E-state index contributed by atoms with van der Waals surface area (Å²) in [5.41, 5.74) is 2.11. The Bertz CT molecular complexity index is 643. The van der Waals surface area contributed by atoms with Crippen molar-refractivity contribution in [2.45, 2.75) is 13.8 Å². The number of amides is 1. The Balaban J connectivity index is 2.25. The molecular weight excluding hydrogens is 267 g/mol. The van der Waals surface area contributed by atoms with E-state index in [1.165, 1.54) is 18.2 Å². The minimum absolute atomic E-state index is 0.220. The molecule has 0 radical (unpaired) electrons. The van der Waals surface area contributed by atoms with Crippen molar-refractivity contribution >= 4 is 23.2 Å². The molecule has 0 bridgehead atoms. The van der Waals surface area contributed by atoms with Crippen LogP contribution in [0.2, 0.25) is 5.15 Å². The van der Waals surface area contributed by atoms with Gasteiger partial charge in [-0.1, -0.05) is 11.6 Å². The number of hydrogen-bond donors (Lipinski definition) is 1. The molecule has 0 aliphatic heterocycles. The molecule has 0 aliphatic rings. The van der Waals surface area contributed by atoms with Gasteiger partial charge < -0.3 is 5.32 Å². The summed E-state index contributed by atoms with van der Waals surface area (Å²) in [6, 6.07) is 5.90. The van der Waals surface area contributed by atoms with Gasteiger partial charge in [0.05, 0.1) is 5.69 Å². The fourth-order valence-electron chi connectivity index (χ4n) is 1.62. The van der Waals surface area contributed by atoms with Crippen molar-refractivity contribution in [2.24, 2.45) is 0 Å². The summed E-state index contributed by atoms with van der Waals surface area (Å²) in [4.78, 5) is 16.0. The molecule has 0 saturated carbocycles. The average Bonchev–Trinajstić information content (AvgIpc) is 2.37. The van der Waals surface area contributed by atoms with Crippen LogP contribution in [-0.2, 0) is 0 Å². The van der Waals surface area contributed by atoms with Crippen LogP contribution in [0.4, 0.5) is 10.1 Å². The van der Waals surface area contributed by atoms with E-state index in [0.717, 1.165) is 5.56 Å². The van der Waals surface area contributed by atoms with Gasteiger partial charge in [0, 0.05) is 11.8 Å². The maximum Gasteiger partial charge on any atom is 0.255 e. The number of rotatable bonds is 2. The number of halogens is 2. The Labute approximate surface area is 115 Å². The highest BCUT2D eigenvalue weighted by Gasteiger charge is 2.10. The molecule has 1 amide bonds. The van der Waals surface area contributed by atoms with Crippen molar-refractivity contribution < 1.29 is 9.18 Å². The molecule has 0 fully saturated rings. The molecule has 5 heteroatoms. The van der Waals surface area contributed by atoms with Crippen LogP contribution in [0.5, 0.6) is 0 Å². The van der Waals surface area contributed by atoms with E-state index in [9.17, 15) is 9.18 Å². The van der Waals surface area contributed by atoms with Crippen molar-refractivity contribution in [2.75, 3.05) is 5.32 Å². The quantitative estimate of drug-likeness (QED) is 0.850. The fourth-order valence-corrected chi connectivity index (χ4v) is 1.77. The van der Waals surface area contributed by atoms with Crippen molar-refractivity contribution in [3.05, 3.63) is 58.1 Å². The van der Waals surface area contributed by atoms with E-state index < -0.39 is 0 Å². The molecule has 0 spiro atoms. The van der Waals surface area contributed by atoms with E-state index >= 15 is 0 Å². The van der Waals surface area contributed by atoms with Gasteiger partial charge in [-0.05, 0) is 49.2 Å². The zero-order valence-electron chi connectivity index (χ0n) is 10.5. The van der Waals surface area contributed by atoms with Crippen LogP contribution in [0, 0.1) is 19.7 Å². The van der Waals surface area contributed by atoms with Crippen molar-refractivity contribution in [1.82, 2.24) is 4.98 Å². The number of anilines is 1. The van der Waals surface area contributed by atoms with Crippen molar-refractivity contribution in [3.8, 4) is 0 Å². The van der Waals surface area contributed by atoms with Gasteiger partial charge >= 0.3 is 0 Å². The van der Waals surface area contributed by atoms with Crippen LogP contribution in [0.25, 0.3) is 0 Å². The van der Waals surface area contributed by atoms with Gasteiger partial charge in [-0.3, -0.25) is 4.79 Å². The molecule has 98 valence electrons. The van der Waals surface area contributed by atoms with Gasteiger partial charge in [0.25, 0.3) is 5.91 Å². The third-order valence-electron chi connectivity index (χ3n) is 2.64. The van der Waals surface area contributed by atoms with Crippen molar-refractivity contribution in [3.63, 3.8) is 0 Å². The molecule has 0 unspecified atom stereocenters. The lowest BCUT2D eigenvalue weighted by atomic mass is 10.1. The Hall–Kier alpha value is -1.94. The molecule has 2 aromatic rings. The smallest absolute Gasteiger partial charge is 0.255 e. The maximum atomic E-state index is 13.1. The first-order valence-electron chi connectivity index (χ1n) is 5.67. The fraction of sp³-hybridized carbons (Fsp3) is 0.143. The van der Waals surface area contributed by atoms with Gasteiger partial charge in [0.2, 0.25) is 0 Å². The molecule has 0 atom stereocenters. The normalized spacial score (nSPS) is 10.3. The Morgan fingerprint density at radius 3 is 2.74 bits per heavy atom. The van der Waals surface area contributed by atoms with E-state index in [2.05, 4.69) is 10.3 Å². The highest BCUT2D eigenvalue weighted by molar-refractivity contribution is 6.32. The zero-order chi connectivity index (χ0) is 14.0. The first kappa shape index (κ1) is 13.5. The zero-order valence-corrected chi connectivity index (χ0v) is 11.3. The van der Waals surface area contributed by atoms with Crippen LogP contribution >= 0.6 is 11.6 Å². The number of nitrogens with one attached hydrogen (secondary N) is 1. The number of carbonyl (C=O) groups excluding carboxylic acids is 1. The minimum atomic E-state index is -0.350. The monoisotopic (exact) mass is 278 g/mol. The first-order valence-corrected chi connectivity index (χ1v) is 6.05. The topological polar surface area (TPSA) is 42.0 Å². The molecule has 1 aromatic heterocycles. The number of aromatic nitrogens is 1. The van der Waals surface area contributed by atoms with Gasteiger partial charge in [0.1, 0.15) is 5.82 Å². The Morgan fingerprint density at radius 1 is 1.32 bits per heavy atom. The summed E-state index contributed by atoms with van der Waals surface area (Å²) in [5.74, 6) is -0.691. The molecular formula is C14H12ClFN2O. The van der Waals surface area contributed by atoms with Crippen LogP contribution in [-0.4, -0.2) is 10.9 Å². The maximum absolute atomic E-state index is 13.1. The number of hydrogen-bond acceptors (Lipinski definition) is 2. The highest BCUT2D eigenvalue weighted by Crippen LogP contribution is 2.21. The molecule has 2 rings (SSSR count). The molecule has 0 aliphatic carbocycles. The lowest BCUT2D eigenvalue weighted by Gasteiger charge is -2.08. The average molecular weight is 279 g/mol. The lowest BCUT2D eigenvalue weighted by Crippen LogP contribution is -2.13. The van der Waals surface area contributed by atoms with Crippen LogP contribution in [0.3, 0.4) is 0 Å². The third kappa shape index (κ3) is 3.09. The second-order valence-corrected chi connectivity index (χ2v) is 4.63. The number of benzene rings is 1. The molecule has 1 heterocycles. The van der Waals surface area contributed by atoms with E-state index in [4.69, 9.17) is 11.6 Å². The number of pyridine rings is 1. The first-order chi connectivity index (χ1) is 8.97. The predicted octanol–water partition coefficient (Wildman–Crippen LogP) is 3.74. The standard InChI is InChI=1S/C14H12ClFN2O/c1-8-5-12(13(15)17-7-8)18-14(19)10-3-4-11(16)9(2)6-10/h3-7H,1-2H3,(H,18,19). The molecule has 1 aromatic carbocycles. The minimum Gasteiger partial charge on any atom is -0.319 e. The summed E-state index contributed by atoms with van der Waals surface area (Å²) < 4.78 is 13.1. The van der Waals surface area contributed by atoms with Crippen molar-refractivity contribution in [1.29, 1.82) is 0 Å². The summed E-state index contributed by atoms with van der Waals surface area (Å²) >= 11 is 5.90. The number of carbonyl (C=O) groups is 1. The third-order valence-corrected chi connectivity index (χ3v) is 2.95. The van der Waals surface area contributed by atoms with Gasteiger partial charge in [-0.25, -0.2) is 9.37 Å². The van der Waals surface area contributed by atoms with Gasteiger partial charge in [-0.2, -0.15) is 0 Å². The summed E-state index contributed by atoms with van der Waals surface area (Å²) in [5, 5.41) is 2.88. The number of nitrogens with zero attached hydrogens (tertiary/aromatic N) is 1. The second-order valence-electron chi connectivity index (χ2n) is 4.27. The van der Waals surface area contributed by atoms with E-state index in [1.54, 1.807) is 19.2 Å². The van der Waals surface area contributed by atoms with E-state index in [0.29, 0.717) is 16.8 Å². The van der Waals surface area contributed by atoms with Gasteiger partial charge in [-0.15, -0.1) is 0 Å². The highest BCUT2D eigenvalue weighted by atomic mass is 35.5.